The van der Waals surface area contributed by atoms with Gasteiger partial charge in [-0.3, -0.25) is 4.79 Å². The van der Waals surface area contributed by atoms with Crippen LogP contribution < -0.4 is 4.90 Å². The molecule has 0 atom stereocenters. The molecule has 0 aliphatic carbocycles. The fraction of sp³-hybridized carbons (Fsp3) is 0.500. The molecule has 3 heteroatoms. The molecule has 17 heavy (non-hydrogen) atoms. The minimum atomic E-state index is 0.267. The summed E-state index contributed by atoms with van der Waals surface area (Å²) in [5.74, 6) is 0.267. The molecule has 92 valence electrons. The summed E-state index contributed by atoms with van der Waals surface area (Å²) in [6, 6.07) is 4.20. The van der Waals surface area contributed by atoms with Gasteiger partial charge in [0.05, 0.1) is 0 Å². The van der Waals surface area contributed by atoms with Gasteiger partial charge in [0.2, 0.25) is 5.91 Å². The highest BCUT2D eigenvalue weighted by Crippen LogP contribution is 2.28. The lowest BCUT2D eigenvalue weighted by molar-refractivity contribution is -0.118. The first kappa shape index (κ1) is 12.6. The van der Waals surface area contributed by atoms with Crippen LogP contribution >= 0.6 is 15.9 Å². The van der Waals surface area contributed by atoms with E-state index in [4.69, 9.17) is 0 Å². The first-order valence-corrected chi connectivity index (χ1v) is 6.96. The van der Waals surface area contributed by atoms with Crippen molar-refractivity contribution in [3.8, 4) is 0 Å². The molecule has 1 saturated heterocycles. The number of rotatable bonds is 1. The van der Waals surface area contributed by atoms with Crippen molar-refractivity contribution in [1.29, 1.82) is 0 Å². The van der Waals surface area contributed by atoms with Crippen LogP contribution in [0.4, 0.5) is 5.69 Å². The van der Waals surface area contributed by atoms with Crippen LogP contribution in [0.25, 0.3) is 0 Å². The average molecular weight is 296 g/mol. The second-order valence-corrected chi connectivity index (χ2v) is 5.54. The van der Waals surface area contributed by atoms with Gasteiger partial charge in [0, 0.05) is 23.1 Å². The number of nitrogens with zero attached hydrogens (tertiary/aromatic N) is 1. The number of benzene rings is 1. The second kappa shape index (κ2) is 5.21. The number of aryl methyl sites for hydroxylation is 2. The summed E-state index contributed by atoms with van der Waals surface area (Å²) in [4.78, 5) is 14.0. The van der Waals surface area contributed by atoms with Crippen molar-refractivity contribution in [2.45, 2.75) is 39.5 Å². The molecule has 1 fully saturated rings. The molecule has 0 N–H and O–H groups in total. The van der Waals surface area contributed by atoms with Crippen LogP contribution in [0.2, 0.25) is 0 Å². The Morgan fingerprint density at radius 1 is 1.12 bits per heavy atom. The third-order valence-electron chi connectivity index (χ3n) is 3.31. The molecule has 1 amide bonds. The number of carbonyl (C=O) groups is 1. The number of amides is 1. The SMILES string of the molecule is Cc1cc(N2CCCCCC2=O)cc(C)c1Br. The zero-order chi connectivity index (χ0) is 12.4. The lowest BCUT2D eigenvalue weighted by Gasteiger charge is -2.22. The Balaban J connectivity index is 2.35. The lowest BCUT2D eigenvalue weighted by Crippen LogP contribution is -2.30. The number of hydrogen-bond acceptors (Lipinski definition) is 1. The summed E-state index contributed by atoms with van der Waals surface area (Å²) in [5.41, 5.74) is 3.43. The van der Waals surface area contributed by atoms with Crippen molar-refractivity contribution >= 4 is 27.5 Å². The van der Waals surface area contributed by atoms with Crippen molar-refractivity contribution in [2.75, 3.05) is 11.4 Å². The van der Waals surface area contributed by atoms with Crippen molar-refractivity contribution in [3.63, 3.8) is 0 Å². The van der Waals surface area contributed by atoms with E-state index >= 15 is 0 Å². The molecular weight excluding hydrogens is 278 g/mol. The summed E-state index contributed by atoms with van der Waals surface area (Å²) in [7, 11) is 0. The highest BCUT2D eigenvalue weighted by molar-refractivity contribution is 9.10. The molecule has 1 aromatic rings. The fourth-order valence-electron chi connectivity index (χ4n) is 2.33. The molecule has 2 rings (SSSR count). The summed E-state index contributed by atoms with van der Waals surface area (Å²) in [5, 5.41) is 0. The van der Waals surface area contributed by atoms with Crippen LogP contribution in [0, 0.1) is 13.8 Å². The van der Waals surface area contributed by atoms with Crippen LogP contribution in [0.1, 0.15) is 36.8 Å². The van der Waals surface area contributed by atoms with E-state index in [1.165, 1.54) is 11.1 Å². The smallest absolute Gasteiger partial charge is 0.226 e. The van der Waals surface area contributed by atoms with Gasteiger partial charge in [0.1, 0.15) is 0 Å². The van der Waals surface area contributed by atoms with Crippen LogP contribution in [0.5, 0.6) is 0 Å². The van der Waals surface area contributed by atoms with E-state index in [2.05, 4.69) is 41.9 Å². The Morgan fingerprint density at radius 2 is 1.76 bits per heavy atom. The normalized spacial score (nSPS) is 17.1. The Hall–Kier alpha value is -0.830. The number of halogens is 1. The summed E-state index contributed by atoms with van der Waals surface area (Å²) < 4.78 is 1.14. The van der Waals surface area contributed by atoms with E-state index in [0.717, 1.165) is 36.0 Å². The Morgan fingerprint density at radius 3 is 2.41 bits per heavy atom. The molecule has 0 aromatic heterocycles. The summed E-state index contributed by atoms with van der Waals surface area (Å²) in [6.45, 7) is 5.01. The third kappa shape index (κ3) is 2.71. The second-order valence-electron chi connectivity index (χ2n) is 4.75. The lowest BCUT2D eigenvalue weighted by atomic mass is 10.1. The van der Waals surface area contributed by atoms with E-state index in [1.807, 2.05) is 4.90 Å². The molecule has 0 unspecified atom stereocenters. The molecule has 0 saturated carbocycles. The molecule has 0 radical (unpaired) electrons. The molecule has 1 aliphatic rings. The Labute approximate surface area is 111 Å². The molecule has 2 nitrogen and oxygen atoms in total. The predicted molar refractivity (Wildman–Crippen MR) is 74.4 cm³/mol. The van der Waals surface area contributed by atoms with E-state index < -0.39 is 0 Å². The van der Waals surface area contributed by atoms with Gasteiger partial charge in [-0.1, -0.05) is 22.4 Å². The molecule has 0 bridgehead atoms. The van der Waals surface area contributed by atoms with Crippen LogP contribution in [0.3, 0.4) is 0 Å². The monoisotopic (exact) mass is 295 g/mol. The average Bonchev–Trinajstić information content (AvgIpc) is 2.50. The van der Waals surface area contributed by atoms with Crippen molar-refractivity contribution in [3.05, 3.63) is 27.7 Å². The molecule has 1 aliphatic heterocycles. The van der Waals surface area contributed by atoms with Crippen molar-refractivity contribution < 1.29 is 4.79 Å². The van der Waals surface area contributed by atoms with Gasteiger partial charge in [-0.05, 0) is 49.9 Å². The van der Waals surface area contributed by atoms with Crippen LogP contribution in [-0.2, 0) is 4.79 Å². The minimum Gasteiger partial charge on any atom is -0.312 e. The maximum atomic E-state index is 12.0. The van der Waals surface area contributed by atoms with Crippen LogP contribution in [-0.4, -0.2) is 12.5 Å². The zero-order valence-corrected chi connectivity index (χ0v) is 12.0. The summed E-state index contributed by atoms with van der Waals surface area (Å²) in [6.07, 6.45) is 3.99. The largest absolute Gasteiger partial charge is 0.312 e. The van der Waals surface area contributed by atoms with E-state index in [9.17, 15) is 4.79 Å². The molecule has 0 spiro atoms. The number of hydrogen-bond donors (Lipinski definition) is 0. The quantitative estimate of drug-likeness (QED) is 0.768. The topological polar surface area (TPSA) is 20.3 Å². The number of anilines is 1. The molecular formula is C14H18BrNO. The Kier molecular flexibility index (Phi) is 3.87. The van der Waals surface area contributed by atoms with Crippen LogP contribution in [0.15, 0.2) is 16.6 Å². The van der Waals surface area contributed by atoms with Gasteiger partial charge in [-0.25, -0.2) is 0 Å². The zero-order valence-electron chi connectivity index (χ0n) is 10.4. The maximum absolute atomic E-state index is 12.0. The van der Waals surface area contributed by atoms with Crippen molar-refractivity contribution in [2.24, 2.45) is 0 Å². The highest BCUT2D eigenvalue weighted by Gasteiger charge is 2.19. The standard InChI is InChI=1S/C14H18BrNO/c1-10-8-12(9-11(2)14(10)15)16-7-5-3-4-6-13(16)17/h8-9H,3-7H2,1-2H3. The highest BCUT2D eigenvalue weighted by atomic mass is 79.9. The predicted octanol–water partition coefficient (Wildman–Crippen LogP) is 3.97. The van der Waals surface area contributed by atoms with Gasteiger partial charge < -0.3 is 4.90 Å². The fourth-order valence-corrected chi connectivity index (χ4v) is 2.56. The molecule has 1 heterocycles. The van der Waals surface area contributed by atoms with E-state index in [-0.39, 0.29) is 5.91 Å². The van der Waals surface area contributed by atoms with Gasteiger partial charge in [0.25, 0.3) is 0 Å². The molecule has 1 aromatic carbocycles. The minimum absolute atomic E-state index is 0.267. The van der Waals surface area contributed by atoms with Gasteiger partial charge in [-0.2, -0.15) is 0 Å². The summed E-state index contributed by atoms with van der Waals surface area (Å²) >= 11 is 3.56. The van der Waals surface area contributed by atoms with Gasteiger partial charge in [-0.15, -0.1) is 0 Å². The maximum Gasteiger partial charge on any atom is 0.226 e. The third-order valence-corrected chi connectivity index (χ3v) is 4.56. The van der Waals surface area contributed by atoms with Gasteiger partial charge in [0.15, 0.2) is 0 Å². The number of carbonyl (C=O) groups excluding carboxylic acids is 1. The Bertz CT molecular complexity index is 419. The van der Waals surface area contributed by atoms with Gasteiger partial charge >= 0.3 is 0 Å². The van der Waals surface area contributed by atoms with E-state index in [0.29, 0.717) is 6.42 Å². The first-order chi connectivity index (χ1) is 8.09. The van der Waals surface area contributed by atoms with Crippen molar-refractivity contribution in [1.82, 2.24) is 0 Å². The van der Waals surface area contributed by atoms with E-state index in [1.54, 1.807) is 0 Å². The first-order valence-electron chi connectivity index (χ1n) is 6.16.